The van der Waals surface area contributed by atoms with E-state index in [1.54, 1.807) is 18.2 Å². The molecule has 1 unspecified atom stereocenters. The summed E-state index contributed by atoms with van der Waals surface area (Å²) >= 11 is 0. The molecule has 138 valence electrons. The summed E-state index contributed by atoms with van der Waals surface area (Å²) in [6.07, 6.45) is 1.92. The van der Waals surface area contributed by atoms with E-state index in [0.29, 0.717) is 30.3 Å². The summed E-state index contributed by atoms with van der Waals surface area (Å²) in [5.74, 6) is 0.0319. The van der Waals surface area contributed by atoms with E-state index in [-0.39, 0.29) is 10.8 Å². The second-order valence-electron chi connectivity index (χ2n) is 6.96. The second kappa shape index (κ2) is 7.60. The van der Waals surface area contributed by atoms with Crippen molar-refractivity contribution in [1.82, 2.24) is 4.31 Å². The lowest BCUT2D eigenvalue weighted by atomic mass is 10.0. The predicted octanol–water partition coefficient (Wildman–Crippen LogP) is 3.67. The quantitative estimate of drug-likeness (QED) is 0.890. The molecule has 0 aromatic heterocycles. The molecule has 1 N–H and O–H groups in total. The molecule has 1 fully saturated rings. The molecule has 0 spiro atoms. The van der Waals surface area contributed by atoms with Crippen molar-refractivity contribution in [3.05, 3.63) is 59.7 Å². The van der Waals surface area contributed by atoms with Gasteiger partial charge in [0.1, 0.15) is 0 Å². The van der Waals surface area contributed by atoms with Gasteiger partial charge in [0.05, 0.1) is 4.90 Å². The van der Waals surface area contributed by atoms with Crippen LogP contribution in [0.2, 0.25) is 0 Å². The number of hydrogen-bond donors (Lipinski definition) is 1. The fourth-order valence-electron chi connectivity index (χ4n) is 3.15. The molecule has 1 atom stereocenters. The maximum absolute atomic E-state index is 12.9. The van der Waals surface area contributed by atoms with Crippen LogP contribution < -0.4 is 5.32 Å². The molecule has 0 saturated carbocycles. The van der Waals surface area contributed by atoms with Gasteiger partial charge in [0.25, 0.3) is 5.91 Å². The van der Waals surface area contributed by atoms with Crippen LogP contribution in [0.4, 0.5) is 5.69 Å². The lowest BCUT2D eigenvalue weighted by molar-refractivity contribution is 0.102. The predicted molar refractivity (Wildman–Crippen MR) is 103 cm³/mol. The molecule has 0 bridgehead atoms. The average Bonchev–Trinajstić information content (AvgIpc) is 2.63. The van der Waals surface area contributed by atoms with E-state index in [9.17, 15) is 13.2 Å². The number of rotatable bonds is 4. The highest BCUT2D eigenvalue weighted by Gasteiger charge is 2.29. The summed E-state index contributed by atoms with van der Waals surface area (Å²) < 4.78 is 27.3. The minimum absolute atomic E-state index is 0.170. The van der Waals surface area contributed by atoms with E-state index >= 15 is 0 Å². The number of sulfonamides is 1. The SMILES string of the molecule is Cc1ccc(NC(=O)c2cccc(S(=O)(=O)N3CCCC(C)C3)c2)cc1. The Hall–Kier alpha value is -2.18. The van der Waals surface area contributed by atoms with Crippen molar-refractivity contribution in [3.63, 3.8) is 0 Å². The van der Waals surface area contributed by atoms with E-state index in [0.717, 1.165) is 18.4 Å². The minimum atomic E-state index is -3.58. The van der Waals surface area contributed by atoms with Crippen molar-refractivity contribution < 1.29 is 13.2 Å². The van der Waals surface area contributed by atoms with Gasteiger partial charge in [-0.3, -0.25) is 4.79 Å². The number of nitrogens with one attached hydrogen (secondary N) is 1. The maximum Gasteiger partial charge on any atom is 0.255 e. The maximum atomic E-state index is 12.9. The Morgan fingerprint density at radius 1 is 1.15 bits per heavy atom. The highest BCUT2D eigenvalue weighted by Crippen LogP contribution is 2.24. The molecule has 1 aliphatic heterocycles. The minimum Gasteiger partial charge on any atom is -0.322 e. The van der Waals surface area contributed by atoms with Gasteiger partial charge in [-0.1, -0.05) is 30.7 Å². The second-order valence-corrected chi connectivity index (χ2v) is 8.90. The normalized spacial score (nSPS) is 18.5. The zero-order valence-electron chi connectivity index (χ0n) is 15.1. The van der Waals surface area contributed by atoms with Gasteiger partial charge in [0.15, 0.2) is 0 Å². The van der Waals surface area contributed by atoms with Gasteiger partial charge in [-0.2, -0.15) is 4.31 Å². The third-order valence-electron chi connectivity index (χ3n) is 4.66. The fraction of sp³-hybridized carbons (Fsp3) is 0.350. The van der Waals surface area contributed by atoms with Gasteiger partial charge in [0.2, 0.25) is 10.0 Å². The van der Waals surface area contributed by atoms with Gasteiger partial charge in [-0.15, -0.1) is 0 Å². The first-order chi connectivity index (χ1) is 12.4. The molecule has 3 rings (SSSR count). The van der Waals surface area contributed by atoms with Crippen molar-refractivity contribution >= 4 is 21.6 Å². The Morgan fingerprint density at radius 3 is 2.58 bits per heavy atom. The molecule has 1 saturated heterocycles. The number of piperidine rings is 1. The van der Waals surface area contributed by atoms with Crippen molar-refractivity contribution in [2.75, 3.05) is 18.4 Å². The molecule has 6 heteroatoms. The lowest BCUT2D eigenvalue weighted by Crippen LogP contribution is -2.39. The van der Waals surface area contributed by atoms with E-state index in [1.807, 2.05) is 31.2 Å². The summed E-state index contributed by atoms with van der Waals surface area (Å²) in [5.41, 5.74) is 2.11. The van der Waals surface area contributed by atoms with Crippen LogP contribution in [-0.2, 0) is 10.0 Å². The monoisotopic (exact) mass is 372 g/mol. The Kier molecular flexibility index (Phi) is 5.44. The summed E-state index contributed by atoms with van der Waals surface area (Å²) in [6, 6.07) is 13.7. The number of carbonyl (C=O) groups excluding carboxylic acids is 1. The van der Waals surface area contributed by atoms with Crippen LogP contribution in [0, 0.1) is 12.8 Å². The third-order valence-corrected chi connectivity index (χ3v) is 6.52. The van der Waals surface area contributed by atoms with E-state index < -0.39 is 10.0 Å². The van der Waals surface area contributed by atoms with Crippen LogP contribution >= 0.6 is 0 Å². The van der Waals surface area contributed by atoms with E-state index in [1.165, 1.54) is 10.4 Å². The molecule has 26 heavy (non-hydrogen) atoms. The summed E-state index contributed by atoms with van der Waals surface area (Å²) in [5, 5.41) is 2.80. The molecular weight excluding hydrogens is 348 g/mol. The highest BCUT2D eigenvalue weighted by molar-refractivity contribution is 7.89. The topological polar surface area (TPSA) is 66.5 Å². The van der Waals surface area contributed by atoms with Crippen LogP contribution in [0.1, 0.15) is 35.7 Å². The van der Waals surface area contributed by atoms with Crippen LogP contribution in [0.15, 0.2) is 53.4 Å². The lowest BCUT2D eigenvalue weighted by Gasteiger charge is -2.30. The van der Waals surface area contributed by atoms with Crippen LogP contribution in [-0.4, -0.2) is 31.7 Å². The Labute approximate surface area is 155 Å². The smallest absolute Gasteiger partial charge is 0.255 e. The molecule has 0 radical (unpaired) electrons. The van der Waals surface area contributed by atoms with Gasteiger partial charge in [0, 0.05) is 24.3 Å². The summed E-state index contributed by atoms with van der Waals surface area (Å²) in [4.78, 5) is 12.7. The van der Waals surface area contributed by atoms with Gasteiger partial charge >= 0.3 is 0 Å². The van der Waals surface area contributed by atoms with E-state index in [2.05, 4.69) is 12.2 Å². The van der Waals surface area contributed by atoms with Crippen molar-refractivity contribution in [2.24, 2.45) is 5.92 Å². The Balaban J connectivity index is 1.81. The van der Waals surface area contributed by atoms with Crippen LogP contribution in [0.25, 0.3) is 0 Å². The largest absolute Gasteiger partial charge is 0.322 e. The number of nitrogens with zero attached hydrogens (tertiary/aromatic N) is 1. The first-order valence-corrected chi connectivity index (χ1v) is 10.3. The molecule has 2 aromatic carbocycles. The Morgan fingerprint density at radius 2 is 1.88 bits per heavy atom. The molecule has 1 aliphatic rings. The van der Waals surface area contributed by atoms with Crippen LogP contribution in [0.5, 0.6) is 0 Å². The zero-order valence-corrected chi connectivity index (χ0v) is 15.9. The number of carbonyl (C=O) groups is 1. The van der Waals surface area contributed by atoms with Crippen LogP contribution in [0.3, 0.4) is 0 Å². The number of aryl methyl sites for hydroxylation is 1. The molecule has 2 aromatic rings. The summed E-state index contributed by atoms with van der Waals surface area (Å²) in [6.45, 7) is 5.10. The third kappa shape index (κ3) is 4.14. The molecule has 1 amide bonds. The fourth-order valence-corrected chi connectivity index (χ4v) is 4.80. The number of anilines is 1. The first-order valence-electron chi connectivity index (χ1n) is 8.84. The number of hydrogen-bond acceptors (Lipinski definition) is 3. The van der Waals surface area contributed by atoms with E-state index in [4.69, 9.17) is 0 Å². The average molecular weight is 372 g/mol. The van der Waals surface area contributed by atoms with Crippen molar-refractivity contribution in [1.29, 1.82) is 0 Å². The van der Waals surface area contributed by atoms with Gasteiger partial charge in [-0.25, -0.2) is 8.42 Å². The first kappa shape index (κ1) is 18.6. The van der Waals surface area contributed by atoms with Crippen molar-refractivity contribution in [2.45, 2.75) is 31.6 Å². The van der Waals surface area contributed by atoms with Gasteiger partial charge in [-0.05, 0) is 56.0 Å². The molecular formula is C20H24N2O3S. The zero-order chi connectivity index (χ0) is 18.7. The standard InChI is InChI=1S/C20H24N2O3S/c1-15-8-10-18(11-9-15)21-20(23)17-6-3-7-19(13-17)26(24,25)22-12-4-5-16(2)14-22/h3,6-11,13,16H,4-5,12,14H2,1-2H3,(H,21,23). The molecule has 5 nitrogen and oxygen atoms in total. The molecule has 1 heterocycles. The molecule has 0 aliphatic carbocycles. The number of amides is 1. The van der Waals surface area contributed by atoms with Crippen molar-refractivity contribution in [3.8, 4) is 0 Å². The Bertz CT molecular complexity index is 892. The highest BCUT2D eigenvalue weighted by atomic mass is 32.2. The number of benzene rings is 2. The van der Waals surface area contributed by atoms with Gasteiger partial charge < -0.3 is 5.32 Å². The summed E-state index contributed by atoms with van der Waals surface area (Å²) in [7, 11) is -3.58.